The van der Waals surface area contributed by atoms with Crippen molar-refractivity contribution in [3.05, 3.63) is 66.2 Å². The van der Waals surface area contributed by atoms with Gasteiger partial charge in [0.25, 0.3) is 0 Å². The number of hydrogen-bond acceptors (Lipinski definition) is 1. The second kappa shape index (κ2) is 7.41. The minimum atomic E-state index is -1.21. The van der Waals surface area contributed by atoms with Gasteiger partial charge < -0.3 is 0 Å². The molecule has 2 atom stereocenters. The van der Waals surface area contributed by atoms with Crippen LogP contribution in [0.25, 0.3) is 0 Å². The molecule has 21 heavy (non-hydrogen) atoms. The zero-order valence-corrected chi connectivity index (χ0v) is 15.7. The van der Waals surface area contributed by atoms with Crippen LogP contribution in [0.2, 0.25) is 30.5 Å². The average Bonchev–Trinajstić information content (AvgIpc) is 2.46. The molecule has 3 heteroatoms. The van der Waals surface area contributed by atoms with Gasteiger partial charge in [-0.3, -0.25) is 0 Å². The van der Waals surface area contributed by atoms with E-state index in [0.29, 0.717) is 19.8 Å². The third-order valence-electron chi connectivity index (χ3n) is 3.34. The third-order valence-corrected chi connectivity index (χ3v) is 8.33. The summed E-state index contributed by atoms with van der Waals surface area (Å²) in [4.78, 5) is 0.356. The van der Waals surface area contributed by atoms with Crippen LogP contribution in [-0.4, -0.2) is 28.1 Å². The van der Waals surface area contributed by atoms with Gasteiger partial charge >= 0.3 is 135 Å². The third kappa shape index (κ3) is 5.44. The van der Waals surface area contributed by atoms with Crippen LogP contribution >= 0.6 is 0 Å². The van der Waals surface area contributed by atoms with Crippen molar-refractivity contribution in [2.24, 2.45) is 0 Å². The van der Waals surface area contributed by atoms with Gasteiger partial charge in [0.1, 0.15) is 0 Å². The number of aliphatic hydroxyl groups is 1. The number of hydrogen-bond donors (Lipinski definition) is 1. The molecule has 0 aliphatic carbocycles. The van der Waals surface area contributed by atoms with Crippen molar-refractivity contribution >= 4 is 27.5 Å². The average molecular weight is 363 g/mol. The Morgan fingerprint density at radius 2 is 1.43 bits per heavy atom. The van der Waals surface area contributed by atoms with E-state index in [2.05, 4.69) is 50.0 Å². The van der Waals surface area contributed by atoms with Crippen LogP contribution in [0.3, 0.4) is 0 Å². The maximum absolute atomic E-state index is 10.8. The van der Waals surface area contributed by atoms with Crippen molar-refractivity contribution in [2.45, 2.75) is 36.6 Å². The second-order valence-electron chi connectivity index (χ2n) is 6.59. The van der Waals surface area contributed by atoms with E-state index in [1.165, 1.54) is 4.46 Å². The number of aliphatic hydroxyl groups excluding tert-OH is 1. The van der Waals surface area contributed by atoms with Gasteiger partial charge in [-0.2, -0.15) is 0 Å². The van der Waals surface area contributed by atoms with E-state index in [9.17, 15) is 5.11 Å². The summed E-state index contributed by atoms with van der Waals surface area (Å²) in [6.07, 6.45) is -0.349. The number of benzene rings is 2. The van der Waals surface area contributed by atoms with E-state index in [1.807, 2.05) is 30.3 Å². The Hall–Kier alpha value is -0.864. The zero-order chi connectivity index (χ0) is 15.3. The Morgan fingerprint density at radius 3 is 1.95 bits per heavy atom. The Labute approximate surface area is 135 Å². The first-order chi connectivity index (χ1) is 9.96. The maximum atomic E-state index is 10.8. The Bertz CT molecular complexity index is 536. The van der Waals surface area contributed by atoms with Crippen LogP contribution in [0.15, 0.2) is 60.7 Å². The molecular formula is C18H24OSeSi. The molecule has 0 aliphatic rings. The van der Waals surface area contributed by atoms with E-state index in [4.69, 9.17) is 0 Å². The Morgan fingerprint density at radius 1 is 0.905 bits per heavy atom. The minimum absolute atomic E-state index is 0.302. The molecule has 0 saturated carbocycles. The predicted molar refractivity (Wildman–Crippen MR) is 95.1 cm³/mol. The molecule has 0 amide bonds. The fourth-order valence-corrected chi connectivity index (χ4v) is 9.54. The SMILES string of the molecule is C[Si](C)(C)CC([Se]c1ccccc1)C(O)c1ccccc1. The molecule has 0 bridgehead atoms. The molecule has 2 unspecified atom stereocenters. The van der Waals surface area contributed by atoms with Crippen LogP contribution in [-0.2, 0) is 0 Å². The molecule has 0 aromatic heterocycles. The van der Waals surface area contributed by atoms with Crippen LogP contribution in [0.4, 0.5) is 0 Å². The first-order valence-corrected chi connectivity index (χ1v) is 13.0. The molecule has 0 aliphatic heterocycles. The molecule has 0 saturated heterocycles. The molecule has 0 fully saturated rings. The quantitative estimate of drug-likeness (QED) is 0.773. The van der Waals surface area contributed by atoms with Gasteiger partial charge in [0.15, 0.2) is 0 Å². The second-order valence-corrected chi connectivity index (χ2v) is 14.9. The van der Waals surface area contributed by atoms with Crippen molar-refractivity contribution in [3.8, 4) is 0 Å². The summed E-state index contributed by atoms with van der Waals surface area (Å²) in [7, 11) is -1.21. The topological polar surface area (TPSA) is 20.2 Å². The van der Waals surface area contributed by atoms with E-state index in [0.717, 1.165) is 11.6 Å². The van der Waals surface area contributed by atoms with Crippen LogP contribution in [0.1, 0.15) is 11.7 Å². The molecule has 1 N–H and O–H groups in total. The molecular weight excluding hydrogens is 339 g/mol. The summed E-state index contributed by atoms with van der Waals surface area (Å²) >= 11 is 0.302. The molecule has 0 radical (unpaired) electrons. The molecule has 2 aromatic carbocycles. The summed E-state index contributed by atoms with van der Waals surface area (Å²) in [5.41, 5.74) is 1.05. The Kier molecular flexibility index (Phi) is 5.83. The normalized spacial score (nSPS) is 14.7. The van der Waals surface area contributed by atoms with Crippen molar-refractivity contribution in [2.75, 3.05) is 0 Å². The first kappa shape index (κ1) is 16.5. The predicted octanol–water partition coefficient (Wildman–Crippen LogP) is 3.88. The van der Waals surface area contributed by atoms with Gasteiger partial charge in [0.2, 0.25) is 0 Å². The molecule has 0 spiro atoms. The van der Waals surface area contributed by atoms with Crippen molar-refractivity contribution in [1.82, 2.24) is 0 Å². The molecule has 0 heterocycles. The Balaban J connectivity index is 2.19. The molecule has 1 nitrogen and oxygen atoms in total. The van der Waals surface area contributed by atoms with E-state index in [-0.39, 0.29) is 6.10 Å². The molecule has 2 aromatic rings. The first-order valence-electron chi connectivity index (χ1n) is 7.40. The summed E-state index contributed by atoms with van der Waals surface area (Å²) in [5, 5.41) is 10.8. The monoisotopic (exact) mass is 364 g/mol. The van der Waals surface area contributed by atoms with Crippen LogP contribution in [0.5, 0.6) is 0 Å². The van der Waals surface area contributed by atoms with Crippen molar-refractivity contribution in [3.63, 3.8) is 0 Å². The van der Waals surface area contributed by atoms with Gasteiger partial charge in [0.05, 0.1) is 0 Å². The van der Waals surface area contributed by atoms with Crippen molar-refractivity contribution < 1.29 is 5.11 Å². The summed E-state index contributed by atoms with van der Waals surface area (Å²) in [5.74, 6) is 0. The van der Waals surface area contributed by atoms with E-state index < -0.39 is 8.07 Å². The summed E-state index contributed by atoms with van der Waals surface area (Å²) in [6, 6.07) is 21.9. The van der Waals surface area contributed by atoms with Gasteiger partial charge in [-0.1, -0.05) is 0 Å². The van der Waals surface area contributed by atoms with Crippen LogP contribution in [0, 0.1) is 0 Å². The fraction of sp³-hybridized carbons (Fsp3) is 0.333. The number of rotatable bonds is 6. The summed E-state index contributed by atoms with van der Waals surface area (Å²) < 4.78 is 1.38. The molecule has 112 valence electrons. The van der Waals surface area contributed by atoms with Gasteiger partial charge in [-0.05, 0) is 0 Å². The van der Waals surface area contributed by atoms with Crippen molar-refractivity contribution in [1.29, 1.82) is 0 Å². The summed E-state index contributed by atoms with van der Waals surface area (Å²) in [6.45, 7) is 7.16. The van der Waals surface area contributed by atoms with E-state index in [1.54, 1.807) is 0 Å². The standard InChI is InChI=1S/C18H24OSeSi/c1-21(2,3)14-17(20-16-12-8-5-9-13-16)18(19)15-10-6-4-7-11-15/h4-13,17-19H,14H2,1-3H3. The molecule has 2 rings (SSSR count). The van der Waals surface area contributed by atoms with Crippen LogP contribution < -0.4 is 4.46 Å². The van der Waals surface area contributed by atoms with Gasteiger partial charge in [0, 0.05) is 0 Å². The zero-order valence-electron chi connectivity index (χ0n) is 13.0. The fourth-order valence-electron chi connectivity index (χ4n) is 2.36. The van der Waals surface area contributed by atoms with Gasteiger partial charge in [-0.25, -0.2) is 0 Å². The van der Waals surface area contributed by atoms with Gasteiger partial charge in [-0.15, -0.1) is 0 Å². The van der Waals surface area contributed by atoms with E-state index >= 15 is 0 Å².